The molecule has 2 aromatic rings. The molecule has 0 amide bonds. The van der Waals surface area contributed by atoms with E-state index in [9.17, 15) is 0 Å². The van der Waals surface area contributed by atoms with Crippen LogP contribution in [0.4, 0.5) is 5.69 Å². The lowest BCUT2D eigenvalue weighted by molar-refractivity contribution is 0.120. The molecule has 0 saturated heterocycles. The first-order valence-corrected chi connectivity index (χ1v) is 8.61. The van der Waals surface area contributed by atoms with Crippen molar-refractivity contribution in [2.24, 2.45) is 10.7 Å². The van der Waals surface area contributed by atoms with Gasteiger partial charge < -0.3 is 25.3 Å². The molecule has 0 radical (unpaired) electrons. The van der Waals surface area contributed by atoms with Crippen molar-refractivity contribution >= 4 is 47.2 Å². The summed E-state index contributed by atoms with van der Waals surface area (Å²) in [4.78, 5) is 4.27. The number of guanidine groups is 1. The van der Waals surface area contributed by atoms with Crippen LogP contribution in [0, 0.1) is 0 Å². The first-order chi connectivity index (χ1) is 12.6. The Labute approximate surface area is 182 Å². The van der Waals surface area contributed by atoms with Crippen molar-refractivity contribution in [1.29, 1.82) is 0 Å². The number of aliphatic imine (C=N–C) groups is 1. The van der Waals surface area contributed by atoms with E-state index in [2.05, 4.69) is 10.3 Å². The Kier molecular flexibility index (Phi) is 10.9. The molecule has 3 N–H and O–H groups in total. The molecule has 0 bridgehead atoms. The number of methoxy groups -OCH3 is 2. The topological polar surface area (TPSA) is 78.1 Å². The molecule has 27 heavy (non-hydrogen) atoms. The fourth-order valence-electron chi connectivity index (χ4n) is 2.21. The minimum absolute atomic E-state index is 0. The van der Waals surface area contributed by atoms with Gasteiger partial charge in [-0.2, -0.15) is 0 Å². The molecule has 0 aromatic heterocycles. The van der Waals surface area contributed by atoms with Gasteiger partial charge in [0.05, 0.1) is 25.8 Å². The second-order valence-electron chi connectivity index (χ2n) is 5.50. The van der Waals surface area contributed by atoms with E-state index in [0.29, 0.717) is 36.5 Å². The molecular weight excluding hydrogens is 481 g/mol. The first kappa shape index (κ1) is 23.3. The number of nitrogens with one attached hydrogen (secondary N) is 1. The van der Waals surface area contributed by atoms with E-state index >= 15 is 0 Å². The molecular formula is C19H25ClIN3O3. The number of ether oxygens (including phenoxy) is 3. The summed E-state index contributed by atoms with van der Waals surface area (Å²) in [6.45, 7) is 1.74. The van der Waals surface area contributed by atoms with Gasteiger partial charge in [0.1, 0.15) is 11.5 Å². The zero-order valence-corrected chi connectivity index (χ0v) is 18.5. The number of nitrogens with two attached hydrogens (primary N) is 1. The van der Waals surface area contributed by atoms with Gasteiger partial charge in [-0.25, -0.2) is 0 Å². The third kappa shape index (κ3) is 8.23. The molecule has 0 aliphatic heterocycles. The normalized spacial score (nSPS) is 10.9. The van der Waals surface area contributed by atoms with E-state index in [1.165, 1.54) is 0 Å². The molecule has 0 atom stereocenters. The van der Waals surface area contributed by atoms with E-state index in [4.69, 9.17) is 31.5 Å². The molecule has 0 saturated carbocycles. The van der Waals surface area contributed by atoms with Crippen molar-refractivity contribution < 1.29 is 14.2 Å². The van der Waals surface area contributed by atoms with Gasteiger partial charge >= 0.3 is 0 Å². The van der Waals surface area contributed by atoms with Crippen LogP contribution in [0.1, 0.15) is 12.0 Å². The fourth-order valence-corrected chi connectivity index (χ4v) is 2.47. The van der Waals surface area contributed by atoms with Gasteiger partial charge in [-0.15, -0.1) is 24.0 Å². The van der Waals surface area contributed by atoms with Crippen LogP contribution in [0.5, 0.6) is 11.5 Å². The van der Waals surface area contributed by atoms with Crippen molar-refractivity contribution in [3.05, 3.63) is 53.1 Å². The monoisotopic (exact) mass is 505 g/mol. The summed E-state index contributed by atoms with van der Waals surface area (Å²) < 4.78 is 15.9. The lowest BCUT2D eigenvalue weighted by Gasteiger charge is -2.08. The third-order valence-electron chi connectivity index (χ3n) is 3.58. The molecule has 0 fully saturated rings. The summed E-state index contributed by atoms with van der Waals surface area (Å²) in [5.41, 5.74) is 7.73. The molecule has 2 aromatic carbocycles. The Hall–Kier alpha value is -1.71. The van der Waals surface area contributed by atoms with E-state index in [0.717, 1.165) is 23.4 Å². The Morgan fingerprint density at radius 2 is 1.85 bits per heavy atom. The Morgan fingerprint density at radius 3 is 2.48 bits per heavy atom. The van der Waals surface area contributed by atoms with Gasteiger partial charge in [0, 0.05) is 18.8 Å². The van der Waals surface area contributed by atoms with Crippen LogP contribution in [0.2, 0.25) is 5.02 Å². The van der Waals surface area contributed by atoms with Crippen LogP contribution in [-0.2, 0) is 11.3 Å². The number of hydrogen-bond acceptors (Lipinski definition) is 4. The van der Waals surface area contributed by atoms with E-state index in [-0.39, 0.29) is 24.0 Å². The van der Waals surface area contributed by atoms with Crippen LogP contribution in [-0.4, -0.2) is 33.3 Å². The van der Waals surface area contributed by atoms with Crippen LogP contribution in [0.15, 0.2) is 47.5 Å². The standard InChI is InChI=1S/C19H24ClN3O3.HI/c1-24-16-7-4-14(5-8-16)13-26-11-3-10-22-19(21)23-15-6-9-18(25-2)17(20)12-15;/h4-9,12H,3,10-11,13H2,1-2H3,(H3,21,22,23);1H. The van der Waals surface area contributed by atoms with Gasteiger partial charge in [0.15, 0.2) is 5.96 Å². The molecule has 0 aliphatic rings. The quantitative estimate of drug-likeness (QED) is 0.230. The van der Waals surface area contributed by atoms with Crippen molar-refractivity contribution in [2.75, 3.05) is 32.7 Å². The van der Waals surface area contributed by atoms with Crippen LogP contribution in [0.3, 0.4) is 0 Å². The summed E-state index contributed by atoms with van der Waals surface area (Å²) >= 11 is 6.07. The summed E-state index contributed by atoms with van der Waals surface area (Å²) in [6.07, 6.45) is 0.780. The summed E-state index contributed by atoms with van der Waals surface area (Å²) in [6, 6.07) is 13.1. The Morgan fingerprint density at radius 1 is 1.11 bits per heavy atom. The third-order valence-corrected chi connectivity index (χ3v) is 3.88. The number of hydrogen-bond donors (Lipinski definition) is 2. The zero-order valence-electron chi connectivity index (χ0n) is 15.4. The molecule has 0 unspecified atom stereocenters. The lowest BCUT2D eigenvalue weighted by Crippen LogP contribution is -2.23. The maximum absolute atomic E-state index is 6.07. The zero-order chi connectivity index (χ0) is 18.8. The minimum Gasteiger partial charge on any atom is -0.497 e. The van der Waals surface area contributed by atoms with Crippen LogP contribution >= 0.6 is 35.6 Å². The van der Waals surface area contributed by atoms with Crippen molar-refractivity contribution in [3.8, 4) is 11.5 Å². The second kappa shape index (κ2) is 12.6. The van der Waals surface area contributed by atoms with Crippen LogP contribution in [0.25, 0.3) is 0 Å². The molecule has 6 nitrogen and oxygen atoms in total. The summed E-state index contributed by atoms with van der Waals surface area (Å²) in [5.74, 6) is 1.78. The minimum atomic E-state index is 0. The molecule has 2 rings (SSSR count). The Balaban J connectivity index is 0.00000364. The average molecular weight is 506 g/mol. The number of anilines is 1. The maximum Gasteiger partial charge on any atom is 0.193 e. The van der Waals surface area contributed by atoms with Gasteiger partial charge in [-0.3, -0.25) is 4.99 Å². The summed E-state index contributed by atoms with van der Waals surface area (Å²) in [7, 11) is 3.22. The van der Waals surface area contributed by atoms with Gasteiger partial charge in [-0.1, -0.05) is 23.7 Å². The number of benzene rings is 2. The maximum atomic E-state index is 6.07. The first-order valence-electron chi connectivity index (χ1n) is 8.23. The van der Waals surface area contributed by atoms with Crippen molar-refractivity contribution in [3.63, 3.8) is 0 Å². The highest BCUT2D eigenvalue weighted by molar-refractivity contribution is 14.0. The van der Waals surface area contributed by atoms with Crippen LogP contribution < -0.4 is 20.5 Å². The van der Waals surface area contributed by atoms with Crippen molar-refractivity contribution in [1.82, 2.24) is 0 Å². The number of nitrogens with zero attached hydrogens (tertiary/aromatic N) is 1. The van der Waals surface area contributed by atoms with E-state index < -0.39 is 0 Å². The molecule has 0 spiro atoms. The molecule has 0 aliphatic carbocycles. The summed E-state index contributed by atoms with van der Waals surface area (Å²) in [5, 5.41) is 3.51. The average Bonchev–Trinajstić information content (AvgIpc) is 2.65. The van der Waals surface area contributed by atoms with Gasteiger partial charge in [0.2, 0.25) is 0 Å². The van der Waals surface area contributed by atoms with Gasteiger partial charge in [-0.05, 0) is 42.3 Å². The highest BCUT2D eigenvalue weighted by Gasteiger charge is 2.02. The van der Waals surface area contributed by atoms with Gasteiger partial charge in [0.25, 0.3) is 0 Å². The predicted octanol–water partition coefficient (Wildman–Crippen LogP) is 4.31. The van der Waals surface area contributed by atoms with E-state index in [1.54, 1.807) is 26.4 Å². The fraction of sp³-hybridized carbons (Fsp3) is 0.316. The SMILES string of the molecule is COc1ccc(COCCCN=C(N)Nc2ccc(OC)c(Cl)c2)cc1.I. The van der Waals surface area contributed by atoms with Crippen molar-refractivity contribution in [2.45, 2.75) is 13.0 Å². The second-order valence-corrected chi connectivity index (χ2v) is 5.90. The smallest absolute Gasteiger partial charge is 0.193 e. The largest absolute Gasteiger partial charge is 0.497 e. The molecule has 148 valence electrons. The predicted molar refractivity (Wildman–Crippen MR) is 121 cm³/mol. The Bertz CT molecular complexity index is 727. The highest BCUT2D eigenvalue weighted by Crippen LogP contribution is 2.27. The number of halogens is 2. The number of rotatable bonds is 9. The lowest BCUT2D eigenvalue weighted by atomic mass is 10.2. The van der Waals surface area contributed by atoms with E-state index in [1.807, 2.05) is 30.3 Å². The molecule has 0 heterocycles. The molecule has 8 heteroatoms. The highest BCUT2D eigenvalue weighted by atomic mass is 127.